The van der Waals surface area contributed by atoms with E-state index in [0.29, 0.717) is 12.6 Å². The number of halogens is 1. The van der Waals surface area contributed by atoms with Crippen LogP contribution in [0.4, 0.5) is 4.39 Å². The lowest BCUT2D eigenvalue weighted by molar-refractivity contribution is -0.126. The van der Waals surface area contributed by atoms with E-state index in [1.165, 1.54) is 37.8 Å². The van der Waals surface area contributed by atoms with E-state index in [-0.39, 0.29) is 17.6 Å². The molecular weight excluding hydrogens is 329 g/mol. The molecule has 0 bridgehead atoms. The number of hydrogen-bond acceptors (Lipinski definition) is 2. The molecule has 26 heavy (non-hydrogen) atoms. The number of fused-ring (bicyclic) bond motifs is 1. The minimum Gasteiger partial charge on any atom is -0.353 e. The minimum atomic E-state index is -0.243. The highest BCUT2D eigenvalue weighted by molar-refractivity contribution is 5.79. The molecule has 0 saturated heterocycles. The molecule has 1 aromatic carbocycles. The summed E-state index contributed by atoms with van der Waals surface area (Å²) in [5.74, 6) is 0.941. The highest BCUT2D eigenvalue weighted by Crippen LogP contribution is 2.28. The number of amides is 1. The molecule has 1 fully saturated rings. The molecular formula is C21H26FN3O. The zero-order valence-electron chi connectivity index (χ0n) is 15.1. The van der Waals surface area contributed by atoms with Gasteiger partial charge in [0.2, 0.25) is 5.91 Å². The molecule has 1 atom stereocenters. The summed E-state index contributed by atoms with van der Waals surface area (Å²) in [7, 11) is 0. The molecule has 2 aliphatic rings. The number of rotatable bonds is 3. The van der Waals surface area contributed by atoms with Crippen LogP contribution in [0.1, 0.15) is 50.8 Å². The van der Waals surface area contributed by atoms with Gasteiger partial charge in [-0.25, -0.2) is 9.37 Å². The van der Waals surface area contributed by atoms with Crippen molar-refractivity contribution in [3.63, 3.8) is 0 Å². The fourth-order valence-electron chi connectivity index (χ4n) is 4.24. The third kappa shape index (κ3) is 3.67. The zero-order valence-corrected chi connectivity index (χ0v) is 15.1. The lowest BCUT2D eigenvalue weighted by Crippen LogP contribution is -2.41. The Morgan fingerprint density at radius 1 is 1.08 bits per heavy atom. The maximum Gasteiger partial charge on any atom is 0.225 e. The second-order valence-corrected chi connectivity index (χ2v) is 7.61. The molecule has 1 unspecified atom stereocenters. The number of hydrogen-bond donors (Lipinski definition) is 1. The predicted molar refractivity (Wildman–Crippen MR) is 99.1 cm³/mol. The second kappa shape index (κ2) is 7.60. The van der Waals surface area contributed by atoms with E-state index in [9.17, 15) is 9.18 Å². The highest BCUT2D eigenvalue weighted by Gasteiger charge is 2.28. The smallest absolute Gasteiger partial charge is 0.225 e. The van der Waals surface area contributed by atoms with Crippen molar-refractivity contribution in [2.24, 2.45) is 5.92 Å². The fraction of sp³-hybridized carbons (Fsp3) is 0.524. The van der Waals surface area contributed by atoms with E-state index in [1.54, 1.807) is 12.1 Å². The zero-order chi connectivity index (χ0) is 17.9. The summed E-state index contributed by atoms with van der Waals surface area (Å²) in [6.45, 7) is 0.653. The lowest BCUT2D eigenvalue weighted by atomic mass is 9.97. The van der Waals surface area contributed by atoms with Gasteiger partial charge in [-0.05, 0) is 49.1 Å². The van der Waals surface area contributed by atoms with Gasteiger partial charge < -0.3 is 9.88 Å². The van der Waals surface area contributed by atoms with Crippen molar-refractivity contribution in [1.29, 1.82) is 0 Å². The Morgan fingerprint density at radius 2 is 1.81 bits per heavy atom. The quantitative estimate of drug-likeness (QED) is 0.843. The Bertz CT molecular complexity index is 760. The summed E-state index contributed by atoms with van der Waals surface area (Å²) >= 11 is 0. The van der Waals surface area contributed by atoms with Gasteiger partial charge in [0, 0.05) is 19.0 Å². The molecule has 1 N–H and O–H groups in total. The van der Waals surface area contributed by atoms with Crippen molar-refractivity contribution in [3.8, 4) is 11.3 Å². The second-order valence-electron chi connectivity index (χ2n) is 7.61. The van der Waals surface area contributed by atoms with Gasteiger partial charge in [-0.1, -0.05) is 25.7 Å². The van der Waals surface area contributed by atoms with Crippen molar-refractivity contribution in [1.82, 2.24) is 14.9 Å². The number of imidazole rings is 1. The highest BCUT2D eigenvalue weighted by atomic mass is 19.1. The monoisotopic (exact) mass is 355 g/mol. The number of carbonyl (C=O) groups is 1. The molecule has 0 radical (unpaired) electrons. The minimum absolute atomic E-state index is 0.0147. The van der Waals surface area contributed by atoms with Gasteiger partial charge >= 0.3 is 0 Å². The van der Waals surface area contributed by atoms with Crippen LogP contribution in [0, 0.1) is 11.7 Å². The van der Waals surface area contributed by atoms with Crippen LogP contribution >= 0.6 is 0 Å². The van der Waals surface area contributed by atoms with Gasteiger partial charge in [0.1, 0.15) is 11.6 Å². The van der Waals surface area contributed by atoms with Crippen LogP contribution in [0.5, 0.6) is 0 Å². The number of carbonyl (C=O) groups excluding carboxylic acids is 1. The molecule has 4 nitrogen and oxygen atoms in total. The van der Waals surface area contributed by atoms with Gasteiger partial charge in [0.05, 0.1) is 17.8 Å². The average molecular weight is 355 g/mol. The van der Waals surface area contributed by atoms with E-state index in [2.05, 4.69) is 14.9 Å². The van der Waals surface area contributed by atoms with Crippen molar-refractivity contribution in [2.45, 2.75) is 64.0 Å². The maximum absolute atomic E-state index is 13.2. The number of nitrogens with zero attached hydrogens (tertiary/aromatic N) is 2. The van der Waals surface area contributed by atoms with E-state index in [1.807, 2.05) is 6.20 Å². The third-order valence-corrected chi connectivity index (χ3v) is 5.77. The van der Waals surface area contributed by atoms with Crippen LogP contribution in [0.15, 0.2) is 30.5 Å². The number of aromatic nitrogens is 2. The SMILES string of the molecule is O=C(NC1CCCCCC1)C1CCc2ncc(-c3ccc(F)cc3)n2C1. The molecule has 138 valence electrons. The van der Waals surface area contributed by atoms with Crippen LogP contribution in [0.3, 0.4) is 0 Å². The lowest BCUT2D eigenvalue weighted by Gasteiger charge is -2.27. The summed E-state index contributed by atoms with van der Waals surface area (Å²) in [6.07, 6.45) is 10.7. The van der Waals surface area contributed by atoms with Gasteiger partial charge in [-0.2, -0.15) is 0 Å². The first kappa shape index (κ1) is 17.3. The van der Waals surface area contributed by atoms with Crippen LogP contribution in [0.2, 0.25) is 0 Å². The Balaban J connectivity index is 1.47. The summed E-state index contributed by atoms with van der Waals surface area (Å²) in [5.41, 5.74) is 1.90. The Kier molecular flexibility index (Phi) is 5.05. The van der Waals surface area contributed by atoms with E-state index >= 15 is 0 Å². The van der Waals surface area contributed by atoms with Gasteiger partial charge in [-0.15, -0.1) is 0 Å². The number of benzene rings is 1. The summed E-state index contributed by atoms with van der Waals surface area (Å²) in [6, 6.07) is 6.82. The number of aryl methyl sites for hydroxylation is 1. The Labute approximate surface area is 153 Å². The van der Waals surface area contributed by atoms with E-state index in [4.69, 9.17) is 0 Å². The molecule has 1 amide bonds. The molecule has 2 aromatic rings. The van der Waals surface area contributed by atoms with Crippen molar-refractivity contribution < 1.29 is 9.18 Å². The first-order valence-electron chi connectivity index (χ1n) is 9.81. The van der Waals surface area contributed by atoms with Gasteiger partial charge in [-0.3, -0.25) is 4.79 Å². The molecule has 1 aliphatic carbocycles. The molecule has 2 heterocycles. The van der Waals surface area contributed by atoms with Crippen LogP contribution in [-0.4, -0.2) is 21.5 Å². The van der Waals surface area contributed by atoms with Gasteiger partial charge in [0.25, 0.3) is 0 Å². The fourth-order valence-corrected chi connectivity index (χ4v) is 4.24. The first-order chi connectivity index (χ1) is 12.7. The number of nitrogens with one attached hydrogen (secondary N) is 1. The molecule has 1 aromatic heterocycles. The van der Waals surface area contributed by atoms with Crippen molar-refractivity contribution in [3.05, 3.63) is 42.1 Å². The van der Waals surface area contributed by atoms with Crippen LogP contribution < -0.4 is 5.32 Å². The topological polar surface area (TPSA) is 46.9 Å². The molecule has 4 rings (SSSR count). The molecule has 0 spiro atoms. The van der Waals surface area contributed by atoms with Crippen LogP contribution in [0.25, 0.3) is 11.3 Å². The van der Waals surface area contributed by atoms with Gasteiger partial charge in [0.15, 0.2) is 0 Å². The summed E-state index contributed by atoms with van der Waals surface area (Å²) < 4.78 is 15.3. The summed E-state index contributed by atoms with van der Waals surface area (Å²) in [4.78, 5) is 17.3. The average Bonchev–Trinajstić information content (AvgIpc) is 2.90. The first-order valence-corrected chi connectivity index (χ1v) is 9.81. The molecule has 1 saturated carbocycles. The standard InChI is InChI=1S/C21H26FN3O/c22-17-10-7-15(8-11-17)19-13-23-20-12-9-16(14-25(19)20)21(26)24-18-5-3-1-2-4-6-18/h7-8,10-11,13,16,18H,1-6,9,12,14H2,(H,24,26). The normalized spacial score (nSPS) is 21.0. The summed E-state index contributed by atoms with van der Waals surface area (Å²) in [5, 5.41) is 3.30. The maximum atomic E-state index is 13.2. The van der Waals surface area contributed by atoms with Crippen molar-refractivity contribution in [2.75, 3.05) is 0 Å². The molecule has 5 heteroatoms. The predicted octanol–water partition coefficient (Wildman–Crippen LogP) is 4.09. The Hall–Kier alpha value is -2.17. The van der Waals surface area contributed by atoms with E-state index in [0.717, 1.165) is 42.8 Å². The molecule has 1 aliphatic heterocycles. The largest absolute Gasteiger partial charge is 0.353 e. The Morgan fingerprint density at radius 3 is 2.54 bits per heavy atom. The van der Waals surface area contributed by atoms with Crippen molar-refractivity contribution >= 4 is 5.91 Å². The van der Waals surface area contributed by atoms with E-state index < -0.39 is 0 Å². The van der Waals surface area contributed by atoms with Crippen LogP contribution in [-0.2, 0) is 17.8 Å². The third-order valence-electron chi connectivity index (χ3n) is 5.77.